The Labute approximate surface area is 90.4 Å². The van der Waals surface area contributed by atoms with Gasteiger partial charge < -0.3 is 0 Å². The molecular formula is C11H11BrF2. The van der Waals surface area contributed by atoms with Gasteiger partial charge >= 0.3 is 0 Å². The monoisotopic (exact) mass is 260 g/mol. The molecule has 0 saturated carbocycles. The third-order valence-electron chi connectivity index (χ3n) is 3.16. The van der Waals surface area contributed by atoms with Crippen molar-refractivity contribution >= 4 is 15.9 Å². The van der Waals surface area contributed by atoms with Crippen molar-refractivity contribution < 1.29 is 8.78 Å². The Morgan fingerprint density at radius 1 is 1.07 bits per heavy atom. The van der Waals surface area contributed by atoms with Gasteiger partial charge in [-0.3, -0.25) is 0 Å². The summed E-state index contributed by atoms with van der Waals surface area (Å²) in [6.45, 7) is 3.94. The van der Waals surface area contributed by atoms with E-state index >= 15 is 0 Å². The number of hydrogen-bond donors (Lipinski definition) is 0. The number of rotatable bonds is 0. The van der Waals surface area contributed by atoms with Crippen LogP contribution in [-0.2, 0) is 0 Å². The maximum Gasteiger partial charge on any atom is 0.128 e. The lowest BCUT2D eigenvalue weighted by Gasteiger charge is -2.12. The van der Waals surface area contributed by atoms with Crippen LogP contribution in [-0.4, -0.2) is 0 Å². The molecule has 0 radical (unpaired) electrons. The van der Waals surface area contributed by atoms with E-state index in [1.807, 2.05) is 13.8 Å². The minimum absolute atomic E-state index is 0.0665. The summed E-state index contributed by atoms with van der Waals surface area (Å²) in [6, 6.07) is 2.41. The largest absolute Gasteiger partial charge is 0.207 e. The van der Waals surface area contributed by atoms with Crippen LogP contribution < -0.4 is 0 Å². The van der Waals surface area contributed by atoms with E-state index < -0.39 is 0 Å². The zero-order chi connectivity index (χ0) is 10.5. The number of fused-ring (bicyclic) bond motifs is 1. The first kappa shape index (κ1) is 10.1. The molecule has 0 aromatic heterocycles. The van der Waals surface area contributed by atoms with E-state index in [9.17, 15) is 8.78 Å². The van der Waals surface area contributed by atoms with Crippen molar-refractivity contribution in [1.82, 2.24) is 0 Å². The molecule has 1 aliphatic rings. The Balaban J connectivity index is 2.67. The molecule has 14 heavy (non-hydrogen) atoms. The van der Waals surface area contributed by atoms with E-state index in [0.717, 1.165) is 0 Å². The molecule has 3 unspecified atom stereocenters. The molecular weight excluding hydrogens is 250 g/mol. The Hall–Kier alpha value is -0.440. The van der Waals surface area contributed by atoms with E-state index in [1.165, 1.54) is 12.1 Å². The molecule has 0 aliphatic heterocycles. The molecule has 1 aliphatic carbocycles. The first-order valence-corrected chi connectivity index (χ1v) is 5.57. The normalized spacial score (nSPS) is 30.5. The lowest BCUT2D eigenvalue weighted by molar-refractivity contribution is 0.508. The molecule has 3 heteroatoms. The number of halogens is 3. The second-order valence-corrected chi connectivity index (χ2v) is 4.89. The highest BCUT2D eigenvalue weighted by Gasteiger charge is 2.37. The molecule has 0 fully saturated rings. The molecule has 0 spiro atoms. The van der Waals surface area contributed by atoms with Gasteiger partial charge in [-0.05, 0) is 29.5 Å². The molecule has 1 aromatic rings. The van der Waals surface area contributed by atoms with Gasteiger partial charge in [0.05, 0.1) is 0 Å². The fourth-order valence-corrected chi connectivity index (χ4v) is 3.03. The molecule has 1 aromatic carbocycles. The molecule has 76 valence electrons. The Morgan fingerprint density at radius 2 is 1.57 bits per heavy atom. The Bertz CT molecular complexity index is 341. The third-order valence-corrected chi connectivity index (χ3v) is 4.45. The van der Waals surface area contributed by atoms with Crippen LogP contribution in [0, 0.1) is 17.6 Å². The molecule has 0 N–H and O–H groups in total. The molecule has 0 saturated heterocycles. The van der Waals surface area contributed by atoms with Gasteiger partial charge in [0.25, 0.3) is 0 Å². The maximum absolute atomic E-state index is 13.5. The van der Waals surface area contributed by atoms with Gasteiger partial charge in [-0.2, -0.15) is 0 Å². The second kappa shape index (κ2) is 3.30. The number of hydrogen-bond acceptors (Lipinski definition) is 0. The molecule has 2 rings (SSSR count). The van der Waals surface area contributed by atoms with Crippen molar-refractivity contribution in [2.24, 2.45) is 5.92 Å². The summed E-state index contributed by atoms with van der Waals surface area (Å²) in [5.74, 6) is -0.288. The quantitative estimate of drug-likeness (QED) is 0.615. The zero-order valence-corrected chi connectivity index (χ0v) is 9.61. The predicted octanol–water partition coefficient (Wildman–Crippen LogP) is 4.15. The summed E-state index contributed by atoms with van der Waals surface area (Å²) in [4.78, 5) is -0.0665. The molecule has 0 amide bonds. The highest BCUT2D eigenvalue weighted by Crippen LogP contribution is 2.50. The standard InChI is InChI=1S/C11H11BrF2/c1-5-6(2)11(12)10-8(14)4-3-7(13)9(5)10/h3-6,11H,1-2H3. The van der Waals surface area contributed by atoms with Gasteiger partial charge in [-0.25, -0.2) is 8.78 Å². The predicted molar refractivity (Wildman–Crippen MR) is 55.6 cm³/mol. The van der Waals surface area contributed by atoms with Crippen LogP contribution in [0.4, 0.5) is 8.78 Å². The maximum atomic E-state index is 13.5. The minimum Gasteiger partial charge on any atom is -0.207 e. The number of alkyl halides is 1. The first-order valence-electron chi connectivity index (χ1n) is 4.66. The third kappa shape index (κ3) is 1.22. The first-order chi connectivity index (χ1) is 6.54. The van der Waals surface area contributed by atoms with Crippen molar-refractivity contribution in [2.75, 3.05) is 0 Å². The second-order valence-electron chi connectivity index (χ2n) is 3.91. The average Bonchev–Trinajstić information content (AvgIpc) is 2.38. The van der Waals surface area contributed by atoms with Crippen molar-refractivity contribution in [1.29, 1.82) is 0 Å². The van der Waals surface area contributed by atoms with Gasteiger partial charge in [0.2, 0.25) is 0 Å². The summed E-state index contributed by atoms with van der Waals surface area (Å²) in [5.41, 5.74) is 1.05. The van der Waals surface area contributed by atoms with Crippen LogP contribution in [0.5, 0.6) is 0 Å². The van der Waals surface area contributed by atoms with E-state index in [4.69, 9.17) is 0 Å². The molecule has 0 bridgehead atoms. The lowest BCUT2D eigenvalue weighted by Crippen LogP contribution is -2.00. The van der Waals surface area contributed by atoms with Gasteiger partial charge in [0.1, 0.15) is 11.6 Å². The Morgan fingerprint density at radius 3 is 2.07 bits per heavy atom. The van der Waals surface area contributed by atoms with Crippen molar-refractivity contribution in [2.45, 2.75) is 24.6 Å². The summed E-state index contributed by atoms with van der Waals surface area (Å²) in [5, 5.41) is 0. The molecule has 0 heterocycles. The highest BCUT2D eigenvalue weighted by atomic mass is 79.9. The van der Waals surface area contributed by atoms with E-state index in [-0.39, 0.29) is 28.3 Å². The van der Waals surface area contributed by atoms with Crippen LogP contribution in [0.2, 0.25) is 0 Å². The average molecular weight is 261 g/mol. The fraction of sp³-hybridized carbons (Fsp3) is 0.455. The smallest absolute Gasteiger partial charge is 0.128 e. The van der Waals surface area contributed by atoms with Crippen molar-refractivity contribution in [3.63, 3.8) is 0 Å². The van der Waals surface area contributed by atoms with Gasteiger partial charge in [-0.1, -0.05) is 29.8 Å². The van der Waals surface area contributed by atoms with Crippen molar-refractivity contribution in [3.8, 4) is 0 Å². The van der Waals surface area contributed by atoms with Crippen LogP contribution in [0.15, 0.2) is 12.1 Å². The van der Waals surface area contributed by atoms with Crippen molar-refractivity contribution in [3.05, 3.63) is 34.9 Å². The van der Waals surface area contributed by atoms with E-state index in [1.54, 1.807) is 0 Å². The van der Waals surface area contributed by atoms with Crippen LogP contribution in [0.3, 0.4) is 0 Å². The zero-order valence-electron chi connectivity index (χ0n) is 8.02. The van der Waals surface area contributed by atoms with Gasteiger partial charge in [0.15, 0.2) is 0 Å². The van der Waals surface area contributed by atoms with Crippen LogP contribution in [0.25, 0.3) is 0 Å². The molecule has 0 nitrogen and oxygen atoms in total. The summed E-state index contributed by atoms with van der Waals surface area (Å²) in [6.07, 6.45) is 0. The Kier molecular flexibility index (Phi) is 2.38. The topological polar surface area (TPSA) is 0 Å². The van der Waals surface area contributed by atoms with Gasteiger partial charge in [0, 0.05) is 10.4 Å². The van der Waals surface area contributed by atoms with E-state index in [2.05, 4.69) is 15.9 Å². The van der Waals surface area contributed by atoms with Crippen LogP contribution >= 0.6 is 15.9 Å². The van der Waals surface area contributed by atoms with E-state index in [0.29, 0.717) is 11.1 Å². The number of benzene rings is 1. The molecule has 3 atom stereocenters. The summed E-state index contributed by atoms with van der Waals surface area (Å²) >= 11 is 3.42. The SMILES string of the molecule is CC1c2c(F)ccc(F)c2C(Br)C1C. The minimum atomic E-state index is -0.306. The lowest BCUT2D eigenvalue weighted by atomic mass is 9.96. The summed E-state index contributed by atoms with van der Waals surface area (Å²) < 4.78 is 27.0. The highest BCUT2D eigenvalue weighted by molar-refractivity contribution is 9.09. The fourth-order valence-electron chi connectivity index (χ4n) is 2.11. The van der Waals surface area contributed by atoms with Gasteiger partial charge in [-0.15, -0.1) is 0 Å². The van der Waals surface area contributed by atoms with Crippen LogP contribution in [0.1, 0.15) is 35.7 Å². The summed E-state index contributed by atoms with van der Waals surface area (Å²) in [7, 11) is 0.